The molecule has 0 aromatic rings. The van der Waals surface area contributed by atoms with Crippen molar-refractivity contribution < 1.29 is 38.9 Å². The van der Waals surface area contributed by atoms with E-state index in [1.54, 1.807) is 14.2 Å². The molecule has 4 unspecified atom stereocenters. The molecule has 0 aromatic heterocycles. The fraction of sp³-hybridized carbons (Fsp3) is 1.00. The largest absolute Gasteiger partial charge is 0.493 e. The number of alkyl halides is 4. The standard InChI is InChI=1S/C20H40Cl4O9Si4/c1-17-19-20-18(2)28-35(26-4,14-6-10-22)32-37(30-20,16-8-12-24)33-36(29-19,15-7-11-23)31-34(25-3,27-17)13-5-9-21/h17-20H,5-16H2,1-4H3/t17-,18+,19-,20+,34?,35?,36?,37?. The van der Waals surface area contributed by atoms with Gasteiger partial charge in [-0.05, 0) is 39.5 Å². The Balaban J connectivity index is 2.16. The maximum atomic E-state index is 7.02. The Kier molecular flexibility index (Phi) is 13.2. The van der Waals surface area contributed by atoms with Crippen LogP contribution in [-0.2, 0) is 38.9 Å². The van der Waals surface area contributed by atoms with E-state index in [4.69, 9.17) is 85.3 Å². The van der Waals surface area contributed by atoms with Crippen LogP contribution in [0.15, 0.2) is 0 Å². The lowest BCUT2D eigenvalue weighted by Gasteiger charge is -2.41. The second-order valence-electron chi connectivity index (χ2n) is 9.43. The Morgan fingerprint density at radius 2 is 0.892 bits per heavy atom. The monoisotopic (exact) mass is 676 g/mol. The van der Waals surface area contributed by atoms with Crippen LogP contribution in [0.5, 0.6) is 0 Å². The van der Waals surface area contributed by atoms with E-state index in [0.29, 0.717) is 73.4 Å². The van der Waals surface area contributed by atoms with Gasteiger partial charge >= 0.3 is 35.2 Å². The smallest absolute Gasteiger partial charge is 0.377 e. The van der Waals surface area contributed by atoms with Crippen molar-refractivity contribution in [2.24, 2.45) is 0 Å². The van der Waals surface area contributed by atoms with Gasteiger partial charge in [0.2, 0.25) is 0 Å². The average molecular weight is 679 g/mol. The van der Waals surface area contributed by atoms with Crippen LogP contribution >= 0.6 is 46.4 Å². The third kappa shape index (κ3) is 7.94. The summed E-state index contributed by atoms with van der Waals surface area (Å²) in [5, 5.41) is 0. The predicted octanol–water partition coefficient (Wildman–Crippen LogP) is 5.22. The van der Waals surface area contributed by atoms with Gasteiger partial charge in [0.15, 0.2) is 0 Å². The second-order valence-corrected chi connectivity index (χ2v) is 22.6. The first-order valence-electron chi connectivity index (χ1n) is 12.8. The van der Waals surface area contributed by atoms with E-state index in [0.717, 1.165) is 0 Å². The fourth-order valence-corrected chi connectivity index (χ4v) is 23.8. The van der Waals surface area contributed by atoms with Gasteiger partial charge in [0.1, 0.15) is 12.2 Å². The molecular weight excluding hydrogens is 638 g/mol. The van der Waals surface area contributed by atoms with Crippen LogP contribution in [0.2, 0.25) is 24.2 Å². The van der Waals surface area contributed by atoms with Gasteiger partial charge in [-0.2, -0.15) is 0 Å². The fourth-order valence-electron chi connectivity index (χ4n) is 4.93. The summed E-state index contributed by atoms with van der Waals surface area (Å²) in [5.41, 5.74) is 0. The highest BCUT2D eigenvalue weighted by Gasteiger charge is 2.70. The van der Waals surface area contributed by atoms with Crippen LogP contribution < -0.4 is 0 Å². The first-order valence-corrected chi connectivity index (χ1v) is 22.7. The molecule has 0 amide bonds. The molecule has 0 saturated carbocycles. The van der Waals surface area contributed by atoms with Crippen LogP contribution in [0, 0.1) is 0 Å². The van der Waals surface area contributed by atoms with Gasteiger partial charge in [-0.3, -0.25) is 0 Å². The molecule has 9 nitrogen and oxygen atoms in total. The molecule has 0 aliphatic carbocycles. The van der Waals surface area contributed by atoms with Crippen LogP contribution in [0.1, 0.15) is 39.5 Å². The molecule has 17 heteroatoms. The maximum absolute atomic E-state index is 7.02. The minimum atomic E-state index is -3.53. The molecule has 0 radical (unpaired) electrons. The van der Waals surface area contributed by atoms with Crippen molar-refractivity contribution in [3.63, 3.8) is 0 Å². The lowest BCUT2D eigenvalue weighted by Crippen LogP contribution is -2.65. The summed E-state index contributed by atoms with van der Waals surface area (Å²) in [5.74, 6) is 1.75. The molecule has 3 aliphatic rings. The number of hydrogen-bond donors (Lipinski definition) is 0. The molecule has 3 saturated heterocycles. The SMILES string of the molecule is CO[Si]1(CCCCl)O[C@@H](C)[C@@H]2O[Si](CCCCl)(O1)O[Si]1(CCCCl)O[C@@H]2[C@@H](C)O[Si](CCCCl)(OC)O1. The third-order valence-electron chi connectivity index (χ3n) is 6.63. The van der Waals surface area contributed by atoms with Crippen molar-refractivity contribution in [2.75, 3.05) is 37.7 Å². The predicted molar refractivity (Wildman–Crippen MR) is 152 cm³/mol. The summed E-state index contributed by atoms with van der Waals surface area (Å²) in [6.07, 6.45) is 0.642. The Hall–Kier alpha value is 1.67. The lowest BCUT2D eigenvalue weighted by molar-refractivity contribution is -0.0661. The van der Waals surface area contributed by atoms with Gasteiger partial charge in [0.05, 0.1) is 12.2 Å². The minimum Gasteiger partial charge on any atom is -0.377 e. The molecule has 3 heterocycles. The van der Waals surface area contributed by atoms with E-state index in [-0.39, 0.29) is 0 Å². The quantitative estimate of drug-likeness (QED) is 0.182. The van der Waals surface area contributed by atoms with Crippen LogP contribution in [0.3, 0.4) is 0 Å². The van der Waals surface area contributed by atoms with Crippen LogP contribution in [0.4, 0.5) is 0 Å². The maximum Gasteiger partial charge on any atom is 0.493 e. The van der Waals surface area contributed by atoms with Crippen molar-refractivity contribution in [1.82, 2.24) is 0 Å². The van der Waals surface area contributed by atoms with E-state index >= 15 is 0 Å². The Morgan fingerprint density at radius 3 is 1.22 bits per heavy atom. The Labute approximate surface area is 245 Å². The highest BCUT2D eigenvalue weighted by atomic mass is 35.5. The second kappa shape index (κ2) is 14.7. The molecule has 3 rings (SSSR count). The van der Waals surface area contributed by atoms with Crippen molar-refractivity contribution in [1.29, 1.82) is 0 Å². The Bertz CT molecular complexity index is 671. The van der Waals surface area contributed by atoms with E-state index in [9.17, 15) is 0 Å². The van der Waals surface area contributed by atoms with E-state index in [2.05, 4.69) is 0 Å². The van der Waals surface area contributed by atoms with Crippen molar-refractivity contribution in [3.05, 3.63) is 0 Å². The number of hydrogen-bond acceptors (Lipinski definition) is 9. The lowest BCUT2D eigenvalue weighted by atomic mass is 10.1. The first kappa shape index (κ1) is 33.2. The highest BCUT2D eigenvalue weighted by molar-refractivity contribution is 6.84. The summed E-state index contributed by atoms with van der Waals surface area (Å²) in [7, 11) is -10.3. The molecule has 37 heavy (non-hydrogen) atoms. The highest BCUT2D eigenvalue weighted by Crippen LogP contribution is 2.45. The summed E-state index contributed by atoms with van der Waals surface area (Å²) in [4.78, 5) is 0. The molecule has 0 spiro atoms. The molecule has 3 fully saturated rings. The van der Waals surface area contributed by atoms with E-state index < -0.39 is 59.6 Å². The van der Waals surface area contributed by atoms with Gasteiger partial charge < -0.3 is 38.9 Å². The normalized spacial score (nSPS) is 42.2. The minimum absolute atomic E-state index is 0.419. The summed E-state index contributed by atoms with van der Waals surface area (Å²) >= 11 is 24.5. The van der Waals surface area contributed by atoms with Gasteiger partial charge in [0.25, 0.3) is 0 Å². The zero-order valence-corrected chi connectivity index (χ0v) is 29.0. The van der Waals surface area contributed by atoms with Crippen LogP contribution in [-0.4, -0.2) is 97.4 Å². The number of rotatable bonds is 14. The van der Waals surface area contributed by atoms with Crippen LogP contribution in [0.25, 0.3) is 0 Å². The zero-order valence-electron chi connectivity index (χ0n) is 22.0. The van der Waals surface area contributed by atoms with Crippen molar-refractivity contribution in [2.45, 2.75) is 88.1 Å². The first-order chi connectivity index (χ1) is 17.7. The van der Waals surface area contributed by atoms with Gasteiger partial charge in [-0.1, -0.05) is 0 Å². The van der Waals surface area contributed by atoms with Crippen molar-refractivity contribution in [3.8, 4) is 0 Å². The topological polar surface area (TPSA) is 83.1 Å². The molecular formula is C20H40Cl4O9Si4. The summed E-state index contributed by atoms with van der Waals surface area (Å²) < 4.78 is 59.6. The van der Waals surface area contributed by atoms with Gasteiger partial charge in [0, 0.05) is 61.9 Å². The molecule has 0 N–H and O–H groups in total. The Morgan fingerprint density at radius 1 is 0.541 bits per heavy atom. The number of fused-ring (bicyclic) bond motifs is 5. The molecule has 8 atom stereocenters. The third-order valence-corrected chi connectivity index (χ3v) is 23.0. The van der Waals surface area contributed by atoms with E-state index in [1.807, 2.05) is 13.8 Å². The van der Waals surface area contributed by atoms with Gasteiger partial charge in [-0.15, -0.1) is 46.4 Å². The molecule has 218 valence electrons. The molecule has 4 bridgehead atoms. The molecule has 3 aliphatic heterocycles. The van der Waals surface area contributed by atoms with E-state index in [1.165, 1.54) is 0 Å². The summed E-state index contributed by atoms with van der Waals surface area (Å²) in [6.45, 7) is 3.90. The zero-order chi connectivity index (χ0) is 27.2. The summed E-state index contributed by atoms with van der Waals surface area (Å²) in [6, 6.07) is 2.01. The van der Waals surface area contributed by atoms with Crippen molar-refractivity contribution >= 4 is 81.6 Å². The number of halogens is 4. The molecule has 0 aromatic carbocycles. The van der Waals surface area contributed by atoms with Gasteiger partial charge in [-0.25, -0.2) is 0 Å². The average Bonchev–Trinajstić information content (AvgIpc) is 3.17.